The highest BCUT2D eigenvalue weighted by Gasteiger charge is 2.20. The molecule has 0 aromatic carbocycles. The van der Waals surface area contributed by atoms with Gasteiger partial charge in [0.25, 0.3) is 0 Å². The van der Waals surface area contributed by atoms with Crippen molar-refractivity contribution in [3.63, 3.8) is 0 Å². The van der Waals surface area contributed by atoms with E-state index in [0.29, 0.717) is 12.1 Å². The van der Waals surface area contributed by atoms with Crippen molar-refractivity contribution >= 4 is 0 Å². The fraction of sp³-hybridized carbons (Fsp3) is 0.833. The number of nitrogens with zero attached hydrogens (tertiary/aromatic N) is 1. The van der Waals surface area contributed by atoms with E-state index in [1.807, 2.05) is 6.92 Å². The predicted molar refractivity (Wildman–Crippen MR) is 60.5 cm³/mol. The molecule has 0 amide bonds. The monoisotopic (exact) mass is 197 g/mol. The Balaban J connectivity index is 2.19. The van der Waals surface area contributed by atoms with E-state index in [4.69, 9.17) is 4.74 Å². The third-order valence-electron chi connectivity index (χ3n) is 2.77. The second kappa shape index (κ2) is 5.52. The average Bonchev–Trinajstić information content (AvgIpc) is 2.15. The highest BCUT2D eigenvalue weighted by molar-refractivity contribution is 4.88. The summed E-state index contributed by atoms with van der Waals surface area (Å²) in [7, 11) is 0. The molecule has 0 unspecified atom stereocenters. The van der Waals surface area contributed by atoms with Crippen LogP contribution in [0.3, 0.4) is 0 Å². The highest BCUT2D eigenvalue weighted by Crippen LogP contribution is 2.16. The topological polar surface area (TPSA) is 12.5 Å². The smallest absolute Gasteiger partial charge is 0.0675 e. The number of ether oxygens (including phenoxy) is 1. The summed E-state index contributed by atoms with van der Waals surface area (Å²) in [6, 6.07) is 0.678. The largest absolute Gasteiger partial charge is 0.374 e. The van der Waals surface area contributed by atoms with Crippen molar-refractivity contribution < 1.29 is 4.74 Å². The van der Waals surface area contributed by atoms with E-state index in [1.54, 1.807) is 0 Å². The van der Waals surface area contributed by atoms with Gasteiger partial charge in [0.15, 0.2) is 0 Å². The number of likely N-dealkylation sites (tertiary alicyclic amines) is 1. The average molecular weight is 197 g/mol. The van der Waals surface area contributed by atoms with Crippen molar-refractivity contribution in [3.05, 3.63) is 12.2 Å². The molecule has 0 aromatic heterocycles. The van der Waals surface area contributed by atoms with Crippen LogP contribution >= 0.6 is 0 Å². The molecule has 1 fully saturated rings. The zero-order valence-corrected chi connectivity index (χ0v) is 9.75. The molecule has 1 heterocycles. The molecule has 1 saturated heterocycles. The zero-order chi connectivity index (χ0) is 10.6. The van der Waals surface area contributed by atoms with Gasteiger partial charge in [0.05, 0.1) is 12.7 Å². The number of hydrogen-bond donors (Lipinski definition) is 0. The summed E-state index contributed by atoms with van der Waals surface area (Å²) in [6.45, 7) is 13.5. The van der Waals surface area contributed by atoms with Crippen LogP contribution in [0, 0.1) is 0 Å². The Kier molecular flexibility index (Phi) is 4.63. The molecule has 0 bridgehead atoms. The minimum absolute atomic E-state index is 0.460. The van der Waals surface area contributed by atoms with Crippen molar-refractivity contribution in [1.29, 1.82) is 0 Å². The van der Waals surface area contributed by atoms with Crippen molar-refractivity contribution in [1.82, 2.24) is 4.90 Å². The van der Waals surface area contributed by atoms with Crippen LogP contribution in [0.25, 0.3) is 0 Å². The molecule has 0 aromatic rings. The Bertz CT molecular complexity index is 181. The second-order valence-electron chi connectivity index (χ2n) is 4.60. The lowest BCUT2D eigenvalue weighted by atomic mass is 10.1. The first-order valence-electron chi connectivity index (χ1n) is 5.59. The molecular formula is C12H23NO. The van der Waals surface area contributed by atoms with Gasteiger partial charge in [-0.3, -0.25) is 0 Å². The lowest BCUT2D eigenvalue weighted by molar-refractivity contribution is 0.0121. The summed E-state index contributed by atoms with van der Waals surface area (Å²) in [6.07, 6.45) is 2.80. The molecule has 1 rings (SSSR count). The number of rotatable bonds is 4. The van der Waals surface area contributed by atoms with Gasteiger partial charge in [0, 0.05) is 19.1 Å². The molecule has 1 aliphatic heterocycles. The fourth-order valence-corrected chi connectivity index (χ4v) is 1.82. The molecular weight excluding hydrogens is 174 g/mol. The first-order chi connectivity index (χ1) is 6.59. The van der Waals surface area contributed by atoms with Crippen molar-refractivity contribution in [3.8, 4) is 0 Å². The Morgan fingerprint density at radius 2 is 2.00 bits per heavy atom. The van der Waals surface area contributed by atoms with Crippen LogP contribution in [0.5, 0.6) is 0 Å². The SMILES string of the molecule is C=C(C)COC1CCN(C(C)C)CC1. The first kappa shape index (κ1) is 11.7. The van der Waals surface area contributed by atoms with Gasteiger partial charge in [0.1, 0.15) is 0 Å². The van der Waals surface area contributed by atoms with Crippen molar-refractivity contribution in [2.24, 2.45) is 0 Å². The lowest BCUT2D eigenvalue weighted by Crippen LogP contribution is -2.41. The molecule has 0 atom stereocenters. The summed E-state index contributed by atoms with van der Waals surface area (Å²) < 4.78 is 5.75. The van der Waals surface area contributed by atoms with Crippen LogP contribution in [-0.4, -0.2) is 36.7 Å². The Morgan fingerprint density at radius 1 is 1.43 bits per heavy atom. The number of hydrogen-bond acceptors (Lipinski definition) is 2. The van der Waals surface area contributed by atoms with E-state index in [2.05, 4.69) is 25.3 Å². The summed E-state index contributed by atoms with van der Waals surface area (Å²) in [5.74, 6) is 0. The van der Waals surface area contributed by atoms with Gasteiger partial charge >= 0.3 is 0 Å². The molecule has 0 radical (unpaired) electrons. The van der Waals surface area contributed by atoms with Gasteiger partial charge in [0.2, 0.25) is 0 Å². The van der Waals surface area contributed by atoms with Crippen LogP contribution in [0.15, 0.2) is 12.2 Å². The summed E-state index contributed by atoms with van der Waals surface area (Å²) in [4.78, 5) is 2.51. The molecule has 0 N–H and O–H groups in total. The van der Waals surface area contributed by atoms with E-state index in [1.165, 1.54) is 25.9 Å². The van der Waals surface area contributed by atoms with Gasteiger partial charge in [-0.25, -0.2) is 0 Å². The molecule has 1 aliphatic rings. The standard InChI is InChI=1S/C12H23NO/c1-10(2)9-14-12-5-7-13(8-6-12)11(3)4/h11-12H,1,5-9H2,2-4H3. The molecule has 2 nitrogen and oxygen atoms in total. The maximum Gasteiger partial charge on any atom is 0.0675 e. The van der Waals surface area contributed by atoms with Crippen LogP contribution in [0.2, 0.25) is 0 Å². The normalized spacial score (nSPS) is 20.3. The van der Waals surface area contributed by atoms with E-state index in [9.17, 15) is 0 Å². The van der Waals surface area contributed by atoms with Crippen LogP contribution in [-0.2, 0) is 4.74 Å². The van der Waals surface area contributed by atoms with Gasteiger partial charge in [-0.15, -0.1) is 0 Å². The zero-order valence-electron chi connectivity index (χ0n) is 9.75. The summed E-state index contributed by atoms with van der Waals surface area (Å²) >= 11 is 0. The highest BCUT2D eigenvalue weighted by atomic mass is 16.5. The molecule has 0 aliphatic carbocycles. The van der Waals surface area contributed by atoms with Crippen molar-refractivity contribution in [2.75, 3.05) is 19.7 Å². The summed E-state index contributed by atoms with van der Waals surface area (Å²) in [5, 5.41) is 0. The van der Waals surface area contributed by atoms with Crippen LogP contribution < -0.4 is 0 Å². The van der Waals surface area contributed by atoms with Gasteiger partial charge in [-0.05, 0) is 33.6 Å². The van der Waals surface area contributed by atoms with Gasteiger partial charge in [-0.1, -0.05) is 12.2 Å². The quantitative estimate of drug-likeness (QED) is 0.642. The van der Waals surface area contributed by atoms with Crippen LogP contribution in [0.1, 0.15) is 33.6 Å². The van der Waals surface area contributed by atoms with Gasteiger partial charge < -0.3 is 9.64 Å². The van der Waals surface area contributed by atoms with Crippen molar-refractivity contribution in [2.45, 2.75) is 45.8 Å². The third kappa shape index (κ3) is 3.81. The number of piperidine rings is 1. The maximum absolute atomic E-state index is 5.75. The van der Waals surface area contributed by atoms with E-state index < -0.39 is 0 Å². The maximum atomic E-state index is 5.75. The first-order valence-corrected chi connectivity index (χ1v) is 5.59. The minimum atomic E-state index is 0.460. The molecule has 14 heavy (non-hydrogen) atoms. The minimum Gasteiger partial charge on any atom is -0.374 e. The van der Waals surface area contributed by atoms with Crippen LogP contribution in [0.4, 0.5) is 0 Å². The second-order valence-corrected chi connectivity index (χ2v) is 4.60. The van der Waals surface area contributed by atoms with E-state index >= 15 is 0 Å². The van der Waals surface area contributed by atoms with Gasteiger partial charge in [-0.2, -0.15) is 0 Å². The Morgan fingerprint density at radius 3 is 2.43 bits per heavy atom. The Hall–Kier alpha value is -0.340. The third-order valence-corrected chi connectivity index (χ3v) is 2.77. The fourth-order valence-electron chi connectivity index (χ4n) is 1.82. The summed E-state index contributed by atoms with van der Waals surface area (Å²) in [5.41, 5.74) is 1.12. The molecule has 0 spiro atoms. The van der Waals surface area contributed by atoms with E-state index in [0.717, 1.165) is 12.2 Å². The molecule has 82 valence electrons. The molecule has 0 saturated carbocycles. The van der Waals surface area contributed by atoms with E-state index in [-0.39, 0.29) is 0 Å². The Labute approximate surface area is 87.9 Å². The lowest BCUT2D eigenvalue weighted by Gasteiger charge is -2.34. The predicted octanol–water partition coefficient (Wildman–Crippen LogP) is 2.45. The molecule has 2 heteroatoms.